The molecule has 0 saturated carbocycles. The highest BCUT2D eigenvalue weighted by molar-refractivity contribution is 7.11. The molecule has 6 heteroatoms. The number of anilines is 2. The van der Waals surface area contributed by atoms with Gasteiger partial charge in [-0.2, -0.15) is 0 Å². The fraction of sp³-hybridized carbons (Fsp3) is 0.130. The molecule has 0 bridgehead atoms. The number of carbonyl (C=O) groups excluding carboxylic acids is 2. The first-order valence-corrected chi connectivity index (χ1v) is 10.2. The Morgan fingerprint density at radius 2 is 1.76 bits per heavy atom. The molecule has 2 heterocycles. The van der Waals surface area contributed by atoms with Crippen LogP contribution in [-0.2, 0) is 9.59 Å². The van der Waals surface area contributed by atoms with Gasteiger partial charge in [-0.15, -0.1) is 11.3 Å². The van der Waals surface area contributed by atoms with E-state index in [1.54, 1.807) is 31.4 Å². The van der Waals surface area contributed by atoms with E-state index < -0.39 is 0 Å². The van der Waals surface area contributed by atoms with Crippen LogP contribution in [0.2, 0.25) is 0 Å². The Morgan fingerprint density at radius 1 is 0.966 bits per heavy atom. The van der Waals surface area contributed by atoms with Gasteiger partial charge >= 0.3 is 0 Å². The van der Waals surface area contributed by atoms with Gasteiger partial charge in [0, 0.05) is 23.2 Å². The van der Waals surface area contributed by atoms with Crippen LogP contribution in [0.25, 0.3) is 5.57 Å². The van der Waals surface area contributed by atoms with Crippen molar-refractivity contribution in [1.82, 2.24) is 0 Å². The molecule has 1 aliphatic heterocycles. The molecule has 0 aliphatic carbocycles. The van der Waals surface area contributed by atoms with Crippen molar-refractivity contribution in [3.8, 4) is 5.75 Å². The molecule has 146 valence electrons. The van der Waals surface area contributed by atoms with E-state index in [4.69, 9.17) is 4.74 Å². The Hall–Kier alpha value is -3.38. The zero-order valence-electron chi connectivity index (χ0n) is 16.2. The lowest BCUT2D eigenvalue weighted by Gasteiger charge is -2.24. The lowest BCUT2D eigenvalue weighted by atomic mass is 10.1. The van der Waals surface area contributed by atoms with Gasteiger partial charge in [-0.3, -0.25) is 9.59 Å². The van der Waals surface area contributed by atoms with Crippen molar-refractivity contribution in [3.05, 3.63) is 82.7 Å². The first-order valence-electron chi connectivity index (χ1n) is 9.29. The quantitative estimate of drug-likeness (QED) is 0.565. The molecule has 0 saturated heterocycles. The maximum absolute atomic E-state index is 13.6. The number of nitrogens with zero attached hydrogens (tertiary/aromatic N) is 2. The summed E-state index contributed by atoms with van der Waals surface area (Å²) in [6.45, 7) is 2.52. The SMILES string of the molecule is CCN(C1=C(c2cccs2)C(=O)N(c2cccc(OC)c2)C1=O)c1ccccc1. The molecule has 2 amide bonds. The third-order valence-electron chi connectivity index (χ3n) is 4.79. The molecule has 1 aliphatic rings. The van der Waals surface area contributed by atoms with Gasteiger partial charge in [0.1, 0.15) is 11.4 Å². The van der Waals surface area contributed by atoms with Crippen LogP contribution in [0.3, 0.4) is 0 Å². The second-order valence-electron chi connectivity index (χ2n) is 6.43. The highest BCUT2D eigenvalue weighted by Gasteiger charge is 2.43. The van der Waals surface area contributed by atoms with Crippen LogP contribution in [0.4, 0.5) is 11.4 Å². The Morgan fingerprint density at radius 3 is 2.41 bits per heavy atom. The van der Waals surface area contributed by atoms with Crippen molar-refractivity contribution in [1.29, 1.82) is 0 Å². The van der Waals surface area contributed by atoms with Crippen molar-refractivity contribution in [2.24, 2.45) is 0 Å². The molecule has 3 aromatic rings. The first-order chi connectivity index (χ1) is 14.2. The highest BCUT2D eigenvalue weighted by Crippen LogP contribution is 2.38. The van der Waals surface area contributed by atoms with Gasteiger partial charge in [0.2, 0.25) is 0 Å². The van der Waals surface area contributed by atoms with Crippen LogP contribution in [0.1, 0.15) is 11.8 Å². The van der Waals surface area contributed by atoms with Gasteiger partial charge < -0.3 is 9.64 Å². The molecule has 29 heavy (non-hydrogen) atoms. The van der Waals surface area contributed by atoms with E-state index in [0.29, 0.717) is 29.3 Å². The summed E-state index contributed by atoms with van der Waals surface area (Å²) >= 11 is 1.45. The summed E-state index contributed by atoms with van der Waals surface area (Å²) in [5, 5.41) is 1.91. The Balaban J connectivity index is 1.87. The van der Waals surface area contributed by atoms with E-state index in [2.05, 4.69) is 0 Å². The third-order valence-corrected chi connectivity index (χ3v) is 5.68. The second-order valence-corrected chi connectivity index (χ2v) is 7.38. The Kier molecular flexibility index (Phi) is 5.18. The molecule has 0 radical (unpaired) electrons. The maximum Gasteiger partial charge on any atom is 0.282 e. The first kappa shape index (κ1) is 19.0. The van der Waals surface area contributed by atoms with Crippen LogP contribution in [0, 0.1) is 0 Å². The Bertz CT molecular complexity index is 1070. The molecule has 0 N–H and O–H groups in total. The molecular weight excluding hydrogens is 384 g/mol. The van der Waals surface area contributed by atoms with Gasteiger partial charge in [0.15, 0.2) is 0 Å². The molecule has 2 aromatic carbocycles. The minimum atomic E-state index is -0.336. The van der Waals surface area contributed by atoms with Crippen LogP contribution >= 0.6 is 11.3 Å². The van der Waals surface area contributed by atoms with Gasteiger partial charge in [-0.05, 0) is 42.6 Å². The zero-order valence-corrected chi connectivity index (χ0v) is 17.0. The lowest BCUT2D eigenvalue weighted by molar-refractivity contribution is -0.120. The van der Waals surface area contributed by atoms with E-state index in [-0.39, 0.29) is 11.8 Å². The number of para-hydroxylation sites is 1. The highest BCUT2D eigenvalue weighted by atomic mass is 32.1. The van der Waals surface area contributed by atoms with Gasteiger partial charge in [0.05, 0.1) is 18.4 Å². The predicted octanol–water partition coefficient (Wildman–Crippen LogP) is 4.57. The van der Waals surface area contributed by atoms with E-state index in [1.807, 2.05) is 59.7 Å². The summed E-state index contributed by atoms with van der Waals surface area (Å²) < 4.78 is 5.28. The summed E-state index contributed by atoms with van der Waals surface area (Å²) in [4.78, 5) is 30.9. The maximum atomic E-state index is 13.6. The van der Waals surface area contributed by atoms with Crippen LogP contribution in [-0.4, -0.2) is 25.5 Å². The fourth-order valence-electron chi connectivity index (χ4n) is 3.47. The largest absolute Gasteiger partial charge is 0.497 e. The molecule has 5 nitrogen and oxygen atoms in total. The molecule has 0 unspecified atom stereocenters. The molecule has 4 rings (SSSR count). The summed E-state index contributed by atoms with van der Waals surface area (Å²) in [6, 6.07) is 20.4. The molecule has 1 aromatic heterocycles. The smallest absolute Gasteiger partial charge is 0.282 e. The number of thiophene rings is 1. The zero-order chi connectivity index (χ0) is 20.4. The molecular formula is C23H20N2O3S. The molecule has 0 spiro atoms. The van der Waals surface area contributed by atoms with Crippen molar-refractivity contribution >= 4 is 40.1 Å². The van der Waals surface area contributed by atoms with Crippen LogP contribution in [0.5, 0.6) is 5.75 Å². The fourth-order valence-corrected chi connectivity index (χ4v) is 4.24. The number of hydrogen-bond donors (Lipinski definition) is 0. The number of amides is 2. The third kappa shape index (κ3) is 3.32. The second kappa shape index (κ2) is 7.93. The number of methoxy groups -OCH3 is 1. The van der Waals surface area contributed by atoms with E-state index >= 15 is 0 Å². The summed E-state index contributed by atoms with van der Waals surface area (Å²) in [5.41, 5.74) is 2.19. The summed E-state index contributed by atoms with van der Waals surface area (Å²) in [6.07, 6.45) is 0. The van der Waals surface area contributed by atoms with E-state index in [9.17, 15) is 9.59 Å². The van der Waals surface area contributed by atoms with Crippen molar-refractivity contribution in [2.75, 3.05) is 23.5 Å². The number of imide groups is 1. The van der Waals surface area contributed by atoms with Crippen molar-refractivity contribution < 1.29 is 14.3 Å². The minimum absolute atomic E-state index is 0.324. The predicted molar refractivity (Wildman–Crippen MR) is 116 cm³/mol. The normalized spacial score (nSPS) is 13.9. The van der Waals surface area contributed by atoms with Gasteiger partial charge in [0.25, 0.3) is 11.8 Å². The van der Waals surface area contributed by atoms with Crippen LogP contribution in [0.15, 0.2) is 77.8 Å². The summed E-state index contributed by atoms with van der Waals surface area (Å²) in [5.74, 6) is -0.0722. The standard InChI is InChI=1S/C23H20N2O3S/c1-3-24(16-9-5-4-6-10-16)21-20(19-13-8-14-29-19)22(26)25(23(21)27)17-11-7-12-18(15-17)28-2/h4-15H,3H2,1-2H3. The molecule has 0 fully saturated rings. The number of hydrogen-bond acceptors (Lipinski definition) is 5. The van der Waals surface area contributed by atoms with Crippen LogP contribution < -0.4 is 14.5 Å². The number of likely N-dealkylation sites (N-methyl/N-ethyl adjacent to an activating group) is 1. The lowest BCUT2D eigenvalue weighted by Crippen LogP contribution is -2.35. The Labute approximate surface area is 173 Å². The number of benzene rings is 2. The minimum Gasteiger partial charge on any atom is -0.497 e. The number of ether oxygens (including phenoxy) is 1. The van der Waals surface area contributed by atoms with Gasteiger partial charge in [-0.25, -0.2) is 4.90 Å². The topological polar surface area (TPSA) is 49.9 Å². The monoisotopic (exact) mass is 404 g/mol. The molecule has 0 atom stereocenters. The van der Waals surface area contributed by atoms with Crippen molar-refractivity contribution in [3.63, 3.8) is 0 Å². The van der Waals surface area contributed by atoms with Gasteiger partial charge in [-0.1, -0.05) is 30.3 Å². The van der Waals surface area contributed by atoms with E-state index in [1.165, 1.54) is 16.2 Å². The van der Waals surface area contributed by atoms with E-state index in [0.717, 1.165) is 10.6 Å². The number of carbonyl (C=O) groups is 2. The number of rotatable bonds is 6. The average Bonchev–Trinajstić information content (AvgIpc) is 3.36. The van der Waals surface area contributed by atoms with Crippen molar-refractivity contribution in [2.45, 2.75) is 6.92 Å². The summed E-state index contributed by atoms with van der Waals surface area (Å²) in [7, 11) is 1.56. The average molecular weight is 404 g/mol.